The van der Waals surface area contributed by atoms with Gasteiger partial charge in [-0.2, -0.15) is 0 Å². The van der Waals surface area contributed by atoms with Crippen LogP contribution < -0.4 is 5.73 Å². The van der Waals surface area contributed by atoms with Gasteiger partial charge < -0.3 is 20.7 Å². The number of carbonyl (C=O) groups excluding carboxylic acids is 1. The SMILES string of the molecule is CN1CCCN(C(=O)C2(C(N)=NO)CC2)CC1. The number of rotatable bonds is 2. The van der Waals surface area contributed by atoms with Gasteiger partial charge in [0.05, 0.1) is 0 Å². The summed E-state index contributed by atoms with van der Waals surface area (Å²) in [5.74, 6) is 0.100. The number of amidine groups is 1. The number of nitrogens with two attached hydrogens (primary N) is 1. The monoisotopic (exact) mass is 240 g/mol. The first kappa shape index (κ1) is 12.2. The Morgan fingerprint density at radius 3 is 2.59 bits per heavy atom. The van der Waals surface area contributed by atoms with Crippen LogP contribution in [0.15, 0.2) is 5.16 Å². The van der Waals surface area contributed by atoms with Gasteiger partial charge in [0, 0.05) is 19.6 Å². The second-order valence-corrected chi connectivity index (χ2v) is 5.02. The molecule has 6 nitrogen and oxygen atoms in total. The van der Waals surface area contributed by atoms with Crippen molar-refractivity contribution in [2.24, 2.45) is 16.3 Å². The van der Waals surface area contributed by atoms with Crippen LogP contribution in [0.1, 0.15) is 19.3 Å². The summed E-state index contributed by atoms with van der Waals surface area (Å²) < 4.78 is 0. The molecule has 1 saturated carbocycles. The molecular weight excluding hydrogens is 220 g/mol. The maximum Gasteiger partial charge on any atom is 0.236 e. The summed E-state index contributed by atoms with van der Waals surface area (Å²) in [4.78, 5) is 16.5. The normalized spacial score (nSPS) is 25.5. The molecule has 0 unspecified atom stereocenters. The Bertz CT molecular complexity index is 338. The highest BCUT2D eigenvalue weighted by Crippen LogP contribution is 2.47. The fourth-order valence-corrected chi connectivity index (χ4v) is 2.35. The van der Waals surface area contributed by atoms with E-state index < -0.39 is 5.41 Å². The van der Waals surface area contributed by atoms with Gasteiger partial charge in [0.2, 0.25) is 5.91 Å². The summed E-state index contributed by atoms with van der Waals surface area (Å²) in [6.07, 6.45) is 2.39. The summed E-state index contributed by atoms with van der Waals surface area (Å²) >= 11 is 0. The van der Waals surface area contributed by atoms with Gasteiger partial charge in [-0.1, -0.05) is 5.16 Å². The summed E-state index contributed by atoms with van der Waals surface area (Å²) in [6, 6.07) is 0. The van der Waals surface area contributed by atoms with Crippen LogP contribution in [0, 0.1) is 5.41 Å². The Morgan fingerprint density at radius 1 is 1.29 bits per heavy atom. The molecule has 0 atom stereocenters. The van der Waals surface area contributed by atoms with Gasteiger partial charge in [-0.05, 0) is 32.9 Å². The number of carbonyl (C=O) groups is 1. The Balaban J connectivity index is 2.05. The average molecular weight is 240 g/mol. The molecular formula is C11H20N4O2. The third-order valence-corrected chi connectivity index (χ3v) is 3.76. The minimum absolute atomic E-state index is 0.0306. The van der Waals surface area contributed by atoms with Crippen LogP contribution in [0.4, 0.5) is 0 Å². The minimum Gasteiger partial charge on any atom is -0.409 e. The Labute approximate surface area is 101 Å². The largest absolute Gasteiger partial charge is 0.409 e. The first-order valence-electron chi connectivity index (χ1n) is 6.06. The van der Waals surface area contributed by atoms with E-state index in [1.165, 1.54) is 0 Å². The van der Waals surface area contributed by atoms with Gasteiger partial charge in [0.1, 0.15) is 5.41 Å². The van der Waals surface area contributed by atoms with Crippen molar-refractivity contribution in [3.8, 4) is 0 Å². The topological polar surface area (TPSA) is 82.2 Å². The fraction of sp³-hybridized carbons (Fsp3) is 0.818. The molecule has 1 aliphatic heterocycles. The van der Waals surface area contributed by atoms with Crippen LogP contribution in [-0.4, -0.2) is 60.0 Å². The highest BCUT2D eigenvalue weighted by atomic mass is 16.4. The number of oxime groups is 1. The molecule has 6 heteroatoms. The van der Waals surface area contributed by atoms with E-state index in [0.717, 1.165) is 32.6 Å². The minimum atomic E-state index is -0.697. The number of hydrogen-bond acceptors (Lipinski definition) is 4. The molecule has 0 radical (unpaired) electrons. The smallest absolute Gasteiger partial charge is 0.236 e. The van der Waals surface area contributed by atoms with Gasteiger partial charge in [-0.3, -0.25) is 4.79 Å². The first-order valence-corrected chi connectivity index (χ1v) is 6.06. The molecule has 3 N–H and O–H groups in total. The lowest BCUT2D eigenvalue weighted by Gasteiger charge is -2.25. The molecule has 2 rings (SSSR count). The molecule has 2 fully saturated rings. The standard InChI is InChI=1S/C11H20N4O2/c1-14-5-2-6-15(8-7-14)10(16)11(3-4-11)9(12)13-17/h17H,2-8H2,1H3,(H2,12,13). The third kappa shape index (κ3) is 2.22. The highest BCUT2D eigenvalue weighted by molar-refractivity contribution is 6.09. The zero-order valence-electron chi connectivity index (χ0n) is 10.2. The van der Waals surface area contributed by atoms with E-state index in [-0.39, 0.29) is 11.7 Å². The Kier molecular flexibility index (Phi) is 3.24. The van der Waals surface area contributed by atoms with Crippen LogP contribution in [0.3, 0.4) is 0 Å². The van der Waals surface area contributed by atoms with Crippen molar-refractivity contribution >= 4 is 11.7 Å². The quantitative estimate of drug-likeness (QED) is 0.300. The van der Waals surface area contributed by atoms with Gasteiger partial charge in [-0.25, -0.2) is 0 Å². The van der Waals surface area contributed by atoms with E-state index in [1.807, 2.05) is 4.90 Å². The lowest BCUT2D eigenvalue weighted by molar-refractivity contribution is -0.134. The molecule has 0 aromatic carbocycles. The van der Waals surface area contributed by atoms with E-state index in [0.29, 0.717) is 12.8 Å². The lowest BCUT2D eigenvalue weighted by Crippen LogP contribution is -2.44. The highest BCUT2D eigenvalue weighted by Gasteiger charge is 2.55. The third-order valence-electron chi connectivity index (χ3n) is 3.76. The number of nitrogens with zero attached hydrogens (tertiary/aromatic N) is 3. The van der Waals surface area contributed by atoms with Crippen molar-refractivity contribution < 1.29 is 10.0 Å². The van der Waals surface area contributed by atoms with Crippen LogP contribution in [-0.2, 0) is 4.79 Å². The van der Waals surface area contributed by atoms with Crippen LogP contribution in [0.2, 0.25) is 0 Å². The van der Waals surface area contributed by atoms with Gasteiger partial charge in [0.25, 0.3) is 0 Å². The maximum absolute atomic E-state index is 12.4. The molecule has 1 amide bonds. The fourth-order valence-electron chi connectivity index (χ4n) is 2.35. The molecule has 0 spiro atoms. The van der Waals surface area contributed by atoms with E-state index in [2.05, 4.69) is 17.1 Å². The van der Waals surface area contributed by atoms with E-state index in [4.69, 9.17) is 10.9 Å². The summed E-state index contributed by atoms with van der Waals surface area (Å²) in [6.45, 7) is 3.40. The predicted molar refractivity (Wildman–Crippen MR) is 63.8 cm³/mol. The molecule has 0 aromatic rings. The molecule has 96 valence electrons. The first-order chi connectivity index (χ1) is 8.10. The van der Waals surface area contributed by atoms with E-state index in [1.54, 1.807) is 0 Å². The Hall–Kier alpha value is -1.30. The molecule has 1 heterocycles. The van der Waals surface area contributed by atoms with Crippen LogP contribution in [0.5, 0.6) is 0 Å². The lowest BCUT2D eigenvalue weighted by atomic mass is 10.0. The predicted octanol–water partition coefficient (Wildman–Crippen LogP) is -0.323. The van der Waals surface area contributed by atoms with Gasteiger partial charge >= 0.3 is 0 Å². The molecule has 1 saturated heterocycles. The van der Waals surface area contributed by atoms with Crippen LogP contribution >= 0.6 is 0 Å². The molecule has 0 aromatic heterocycles. The average Bonchev–Trinajstić information content (AvgIpc) is 3.12. The maximum atomic E-state index is 12.4. The number of hydrogen-bond donors (Lipinski definition) is 2. The summed E-state index contributed by atoms with van der Waals surface area (Å²) in [5.41, 5.74) is 4.93. The summed E-state index contributed by atoms with van der Waals surface area (Å²) in [5, 5.41) is 11.8. The second kappa shape index (κ2) is 4.52. The van der Waals surface area contributed by atoms with Crippen molar-refractivity contribution in [3.63, 3.8) is 0 Å². The van der Waals surface area contributed by atoms with E-state index in [9.17, 15) is 4.79 Å². The molecule has 17 heavy (non-hydrogen) atoms. The van der Waals surface area contributed by atoms with Gasteiger partial charge in [-0.15, -0.1) is 0 Å². The molecule has 2 aliphatic rings. The van der Waals surface area contributed by atoms with E-state index >= 15 is 0 Å². The van der Waals surface area contributed by atoms with Crippen molar-refractivity contribution in [2.45, 2.75) is 19.3 Å². The van der Waals surface area contributed by atoms with Crippen molar-refractivity contribution in [1.82, 2.24) is 9.80 Å². The van der Waals surface area contributed by atoms with Crippen molar-refractivity contribution in [3.05, 3.63) is 0 Å². The van der Waals surface area contributed by atoms with Crippen LogP contribution in [0.25, 0.3) is 0 Å². The van der Waals surface area contributed by atoms with Crippen molar-refractivity contribution in [1.29, 1.82) is 0 Å². The number of amides is 1. The van der Waals surface area contributed by atoms with Gasteiger partial charge in [0.15, 0.2) is 5.84 Å². The molecule has 1 aliphatic carbocycles. The zero-order valence-corrected chi connectivity index (χ0v) is 10.2. The summed E-state index contributed by atoms with van der Waals surface area (Å²) in [7, 11) is 2.06. The second-order valence-electron chi connectivity index (χ2n) is 5.02. The van der Waals surface area contributed by atoms with Crippen molar-refractivity contribution in [2.75, 3.05) is 33.2 Å². The molecule has 0 bridgehead atoms. The zero-order chi connectivity index (χ0) is 12.5. The number of likely N-dealkylation sites (N-methyl/N-ethyl adjacent to an activating group) is 1. The Morgan fingerprint density at radius 2 is 2.00 bits per heavy atom.